The summed E-state index contributed by atoms with van der Waals surface area (Å²) < 4.78 is 0. The van der Waals surface area contributed by atoms with Crippen LogP contribution in [-0.2, 0) is 0 Å². The van der Waals surface area contributed by atoms with Gasteiger partial charge in [0.25, 0.3) is 5.91 Å². The predicted molar refractivity (Wildman–Crippen MR) is 75.8 cm³/mol. The zero-order valence-corrected chi connectivity index (χ0v) is 11.3. The Balaban J connectivity index is 2.45. The molecule has 0 fully saturated rings. The number of hydrogen-bond acceptors (Lipinski definition) is 2. The Morgan fingerprint density at radius 1 is 1.16 bits per heavy atom. The fourth-order valence-electron chi connectivity index (χ4n) is 2.04. The highest BCUT2D eigenvalue weighted by Crippen LogP contribution is 2.23. The molecule has 0 bridgehead atoms. The van der Waals surface area contributed by atoms with E-state index in [1.54, 1.807) is 17.2 Å². The molecule has 1 heterocycles. The van der Waals surface area contributed by atoms with E-state index in [4.69, 9.17) is 0 Å². The first-order valence-corrected chi connectivity index (χ1v) is 6.49. The molecule has 0 aliphatic heterocycles. The highest BCUT2D eigenvalue weighted by molar-refractivity contribution is 6.00. The van der Waals surface area contributed by atoms with Crippen LogP contribution < -0.4 is 0 Å². The van der Waals surface area contributed by atoms with Crippen LogP contribution in [0.5, 0.6) is 0 Å². The molecule has 0 aliphatic carbocycles. The summed E-state index contributed by atoms with van der Waals surface area (Å²) in [4.78, 5) is 18.3. The number of pyridine rings is 1. The zero-order chi connectivity index (χ0) is 13.7. The topological polar surface area (TPSA) is 33.2 Å². The van der Waals surface area contributed by atoms with Gasteiger partial charge >= 0.3 is 0 Å². The average Bonchev–Trinajstić information content (AvgIpc) is 2.49. The molecule has 0 spiro atoms. The monoisotopic (exact) mass is 253 g/mol. The van der Waals surface area contributed by atoms with E-state index in [1.807, 2.05) is 44.2 Å². The molecule has 1 radical (unpaired) electrons. The van der Waals surface area contributed by atoms with Crippen LogP contribution in [0.3, 0.4) is 0 Å². The second-order valence-electron chi connectivity index (χ2n) is 4.19. The van der Waals surface area contributed by atoms with Gasteiger partial charge in [0.1, 0.15) is 0 Å². The van der Waals surface area contributed by atoms with E-state index in [0.29, 0.717) is 18.7 Å². The molecule has 0 N–H and O–H groups in total. The molecule has 1 aromatic carbocycles. The molecule has 2 aromatic rings. The Morgan fingerprint density at radius 3 is 2.47 bits per heavy atom. The van der Waals surface area contributed by atoms with Crippen LogP contribution in [0.4, 0.5) is 0 Å². The smallest absolute Gasteiger partial charge is 0.254 e. The van der Waals surface area contributed by atoms with Gasteiger partial charge < -0.3 is 4.90 Å². The zero-order valence-electron chi connectivity index (χ0n) is 11.3. The Labute approximate surface area is 113 Å². The van der Waals surface area contributed by atoms with Gasteiger partial charge in [0.05, 0.1) is 11.8 Å². The molecule has 19 heavy (non-hydrogen) atoms. The molecule has 0 atom stereocenters. The van der Waals surface area contributed by atoms with Crippen LogP contribution in [-0.4, -0.2) is 28.9 Å². The van der Waals surface area contributed by atoms with Gasteiger partial charge in [-0.3, -0.25) is 9.78 Å². The maximum Gasteiger partial charge on any atom is 0.254 e. The van der Waals surface area contributed by atoms with Crippen LogP contribution in [0.25, 0.3) is 11.1 Å². The first-order valence-electron chi connectivity index (χ1n) is 6.49. The summed E-state index contributed by atoms with van der Waals surface area (Å²) in [5, 5.41) is 0. The molecule has 3 heteroatoms. The van der Waals surface area contributed by atoms with E-state index < -0.39 is 0 Å². The summed E-state index contributed by atoms with van der Waals surface area (Å²) in [6.45, 7) is 5.36. The SMILES string of the molecule is CCN(CC)C(=O)c1ccn[c]c1-c1ccccc1. The molecule has 97 valence electrons. The van der Waals surface area contributed by atoms with Gasteiger partial charge in [0.2, 0.25) is 0 Å². The van der Waals surface area contributed by atoms with Crippen LogP contribution in [0.1, 0.15) is 24.2 Å². The average molecular weight is 253 g/mol. The summed E-state index contributed by atoms with van der Waals surface area (Å²) >= 11 is 0. The van der Waals surface area contributed by atoms with Crippen molar-refractivity contribution in [1.29, 1.82) is 0 Å². The summed E-state index contributed by atoms with van der Waals surface area (Å²) in [6.07, 6.45) is 4.55. The molecular formula is C16H17N2O. The lowest BCUT2D eigenvalue weighted by atomic mass is 10.0. The lowest BCUT2D eigenvalue weighted by Crippen LogP contribution is -2.30. The number of hydrogen-bond donors (Lipinski definition) is 0. The van der Waals surface area contributed by atoms with E-state index in [2.05, 4.69) is 11.2 Å². The summed E-state index contributed by atoms with van der Waals surface area (Å²) in [7, 11) is 0. The number of carbonyl (C=O) groups excluding carboxylic acids is 1. The quantitative estimate of drug-likeness (QED) is 0.839. The molecule has 0 saturated carbocycles. The number of nitrogens with zero attached hydrogens (tertiary/aromatic N) is 2. The van der Waals surface area contributed by atoms with Crippen molar-refractivity contribution in [2.24, 2.45) is 0 Å². The van der Waals surface area contributed by atoms with Crippen molar-refractivity contribution in [2.75, 3.05) is 13.1 Å². The summed E-state index contributed by atoms with van der Waals surface area (Å²) in [6, 6.07) is 11.5. The van der Waals surface area contributed by atoms with Crippen LogP contribution >= 0.6 is 0 Å². The van der Waals surface area contributed by atoms with Crippen LogP contribution in [0.2, 0.25) is 0 Å². The molecule has 3 nitrogen and oxygen atoms in total. The third-order valence-corrected chi connectivity index (χ3v) is 3.10. The molecule has 1 amide bonds. The van der Waals surface area contributed by atoms with E-state index in [9.17, 15) is 4.79 Å². The third kappa shape index (κ3) is 2.81. The maximum atomic E-state index is 12.5. The number of aromatic nitrogens is 1. The van der Waals surface area contributed by atoms with Crippen molar-refractivity contribution in [3.05, 3.63) is 54.4 Å². The summed E-state index contributed by atoms with van der Waals surface area (Å²) in [5.41, 5.74) is 2.39. The number of amides is 1. The number of benzene rings is 1. The standard InChI is InChI=1S/C16H17N2O/c1-3-18(4-2)16(19)14-10-11-17-12-15(14)13-8-6-5-7-9-13/h5-11H,3-4H2,1-2H3. The van der Waals surface area contributed by atoms with Gasteiger partial charge in [-0.25, -0.2) is 0 Å². The number of rotatable bonds is 4. The predicted octanol–water partition coefficient (Wildman–Crippen LogP) is 3.03. The van der Waals surface area contributed by atoms with Gasteiger partial charge in [-0.05, 0) is 25.5 Å². The van der Waals surface area contributed by atoms with E-state index in [0.717, 1.165) is 11.1 Å². The van der Waals surface area contributed by atoms with Gasteiger partial charge in [0.15, 0.2) is 0 Å². The fourth-order valence-corrected chi connectivity index (χ4v) is 2.04. The van der Waals surface area contributed by atoms with Crippen molar-refractivity contribution in [2.45, 2.75) is 13.8 Å². The van der Waals surface area contributed by atoms with E-state index in [-0.39, 0.29) is 5.91 Å². The minimum Gasteiger partial charge on any atom is -0.339 e. The lowest BCUT2D eigenvalue weighted by Gasteiger charge is -2.20. The van der Waals surface area contributed by atoms with Crippen molar-refractivity contribution < 1.29 is 4.79 Å². The van der Waals surface area contributed by atoms with Gasteiger partial charge in [0, 0.05) is 24.8 Å². The second kappa shape index (κ2) is 6.14. The highest BCUT2D eigenvalue weighted by Gasteiger charge is 2.17. The van der Waals surface area contributed by atoms with E-state index in [1.165, 1.54) is 0 Å². The van der Waals surface area contributed by atoms with Crippen LogP contribution in [0.15, 0.2) is 42.6 Å². The Hall–Kier alpha value is -2.16. The van der Waals surface area contributed by atoms with Crippen molar-refractivity contribution >= 4 is 5.91 Å². The maximum absolute atomic E-state index is 12.5. The largest absolute Gasteiger partial charge is 0.339 e. The van der Waals surface area contributed by atoms with E-state index >= 15 is 0 Å². The Morgan fingerprint density at radius 2 is 1.84 bits per heavy atom. The van der Waals surface area contributed by atoms with Crippen molar-refractivity contribution in [3.63, 3.8) is 0 Å². The highest BCUT2D eigenvalue weighted by atomic mass is 16.2. The van der Waals surface area contributed by atoms with Crippen molar-refractivity contribution in [3.8, 4) is 11.1 Å². The third-order valence-electron chi connectivity index (χ3n) is 3.10. The molecule has 0 aliphatic rings. The van der Waals surface area contributed by atoms with Gasteiger partial charge in [-0.1, -0.05) is 30.3 Å². The molecule has 1 aromatic heterocycles. The molecule has 0 unspecified atom stereocenters. The number of carbonyl (C=O) groups is 1. The normalized spacial score (nSPS) is 10.2. The minimum absolute atomic E-state index is 0.0301. The van der Waals surface area contributed by atoms with Gasteiger partial charge in [-0.2, -0.15) is 0 Å². The van der Waals surface area contributed by atoms with Gasteiger partial charge in [-0.15, -0.1) is 0 Å². The fraction of sp³-hybridized carbons (Fsp3) is 0.250. The molecular weight excluding hydrogens is 236 g/mol. The Kier molecular flexibility index (Phi) is 4.29. The Bertz CT molecular complexity index is 548. The van der Waals surface area contributed by atoms with Crippen LogP contribution in [0, 0.1) is 6.20 Å². The first-order chi connectivity index (χ1) is 9.27. The lowest BCUT2D eigenvalue weighted by molar-refractivity contribution is 0.0773. The minimum atomic E-state index is 0.0301. The van der Waals surface area contributed by atoms with Crippen molar-refractivity contribution in [1.82, 2.24) is 9.88 Å². The first kappa shape index (κ1) is 13.3. The molecule has 0 saturated heterocycles. The summed E-state index contributed by atoms with van der Waals surface area (Å²) in [5.74, 6) is 0.0301. The molecule has 2 rings (SSSR count). The second-order valence-corrected chi connectivity index (χ2v) is 4.19.